The third-order valence-corrected chi connectivity index (χ3v) is 5.31. The van der Waals surface area contributed by atoms with Gasteiger partial charge in [0.05, 0.1) is 9.82 Å². The van der Waals surface area contributed by atoms with E-state index in [1.165, 1.54) is 42.5 Å². The number of nitrogens with zero attached hydrogens (tertiary/aromatic N) is 1. The highest BCUT2D eigenvalue weighted by Gasteiger charge is 2.18. The quantitative estimate of drug-likeness (QED) is 0.456. The minimum atomic E-state index is -3.63. The first-order valence-corrected chi connectivity index (χ1v) is 10.1. The Balaban J connectivity index is 2.19. The van der Waals surface area contributed by atoms with Crippen LogP contribution in [0.5, 0.6) is 0 Å². The van der Waals surface area contributed by atoms with Gasteiger partial charge in [0.25, 0.3) is 11.6 Å². The van der Waals surface area contributed by atoms with E-state index < -0.39 is 20.9 Å². The molecule has 0 saturated carbocycles. The van der Waals surface area contributed by atoms with Crippen LogP contribution < -0.4 is 15.4 Å². The van der Waals surface area contributed by atoms with Crippen LogP contribution >= 0.6 is 0 Å². The zero-order valence-electron chi connectivity index (χ0n) is 15.7. The number of nitrogens with one attached hydrogen (secondary N) is 3. The molecule has 0 radical (unpaired) electrons. The smallest absolute Gasteiger partial charge is 0.293 e. The number of carbonyl (C=O) groups excluding carboxylic acids is 1. The Morgan fingerprint density at radius 2 is 1.79 bits per heavy atom. The maximum absolute atomic E-state index is 12.4. The predicted molar refractivity (Wildman–Crippen MR) is 107 cm³/mol. The minimum absolute atomic E-state index is 0.0739. The van der Waals surface area contributed by atoms with Crippen LogP contribution in [0.15, 0.2) is 47.4 Å². The Labute approximate surface area is 163 Å². The molecule has 0 spiro atoms. The van der Waals surface area contributed by atoms with Gasteiger partial charge in [-0.05, 0) is 57.2 Å². The molecule has 0 fully saturated rings. The molecule has 2 aromatic rings. The Bertz CT molecular complexity index is 972. The molecule has 0 atom stereocenters. The maximum Gasteiger partial charge on any atom is 0.293 e. The average Bonchev–Trinajstić information content (AvgIpc) is 2.61. The number of rotatable bonds is 8. The number of nitro groups is 1. The molecule has 3 N–H and O–H groups in total. The fourth-order valence-electron chi connectivity index (χ4n) is 2.46. The summed E-state index contributed by atoms with van der Waals surface area (Å²) in [4.78, 5) is 23.1. The number of nitro benzene ring substituents is 1. The van der Waals surface area contributed by atoms with Crippen molar-refractivity contribution >= 4 is 33.0 Å². The van der Waals surface area contributed by atoms with Crippen LogP contribution in [-0.2, 0) is 10.0 Å². The molecule has 1 amide bonds. The summed E-state index contributed by atoms with van der Waals surface area (Å²) in [7, 11) is -3.63. The summed E-state index contributed by atoms with van der Waals surface area (Å²) in [5.74, 6) is -0.540. The lowest BCUT2D eigenvalue weighted by Crippen LogP contribution is -2.30. The lowest BCUT2D eigenvalue weighted by Gasteiger charge is -2.11. The standard InChI is InChI=1S/C18H22N4O5S/c1-4-19-16-10-5-13(11-17(16)22(24)25)18(23)20-14-6-8-15(9-7-14)28(26,27)21-12(2)3/h5-12,19,21H,4H2,1-3H3,(H,20,23). The Morgan fingerprint density at radius 3 is 2.32 bits per heavy atom. The van der Waals surface area contributed by atoms with E-state index in [9.17, 15) is 23.3 Å². The van der Waals surface area contributed by atoms with Crippen LogP contribution in [-0.4, -0.2) is 31.8 Å². The summed E-state index contributed by atoms with van der Waals surface area (Å²) in [5, 5.41) is 16.7. The van der Waals surface area contributed by atoms with Gasteiger partial charge in [0.2, 0.25) is 10.0 Å². The largest absolute Gasteiger partial charge is 0.380 e. The Hall–Kier alpha value is -2.98. The third-order valence-electron chi connectivity index (χ3n) is 3.64. The average molecular weight is 406 g/mol. The summed E-state index contributed by atoms with van der Waals surface area (Å²) >= 11 is 0. The van der Waals surface area contributed by atoms with Crippen molar-refractivity contribution in [3.05, 3.63) is 58.1 Å². The minimum Gasteiger partial charge on any atom is -0.380 e. The summed E-state index contributed by atoms with van der Waals surface area (Å²) in [6.07, 6.45) is 0. The highest BCUT2D eigenvalue weighted by atomic mass is 32.2. The van der Waals surface area contributed by atoms with Crippen molar-refractivity contribution in [2.75, 3.05) is 17.2 Å². The molecule has 0 aliphatic heterocycles. The van der Waals surface area contributed by atoms with Crippen molar-refractivity contribution in [1.82, 2.24) is 4.72 Å². The van der Waals surface area contributed by atoms with Gasteiger partial charge in [-0.25, -0.2) is 13.1 Å². The van der Waals surface area contributed by atoms with Crippen LogP contribution in [0.3, 0.4) is 0 Å². The Kier molecular flexibility index (Phi) is 6.71. The first-order chi connectivity index (χ1) is 13.1. The molecule has 0 unspecified atom stereocenters. The van der Waals surface area contributed by atoms with Crippen LogP contribution in [0.25, 0.3) is 0 Å². The van der Waals surface area contributed by atoms with Gasteiger partial charge in [-0.15, -0.1) is 0 Å². The van der Waals surface area contributed by atoms with Crippen LogP contribution in [0.2, 0.25) is 0 Å². The van der Waals surface area contributed by atoms with E-state index in [-0.39, 0.29) is 22.2 Å². The van der Waals surface area contributed by atoms with E-state index in [0.29, 0.717) is 17.9 Å². The van der Waals surface area contributed by atoms with Crippen molar-refractivity contribution < 1.29 is 18.1 Å². The second kappa shape index (κ2) is 8.81. The summed E-state index contributed by atoms with van der Waals surface area (Å²) in [6.45, 7) is 5.75. The fraction of sp³-hybridized carbons (Fsp3) is 0.278. The number of amides is 1. The molecular formula is C18H22N4O5S. The first kappa shape index (κ1) is 21.3. The van der Waals surface area contributed by atoms with Crippen molar-refractivity contribution in [2.45, 2.75) is 31.7 Å². The molecule has 0 saturated heterocycles. The van der Waals surface area contributed by atoms with Crippen molar-refractivity contribution in [3.63, 3.8) is 0 Å². The molecule has 150 valence electrons. The molecule has 0 aliphatic carbocycles. The van der Waals surface area contributed by atoms with Crippen molar-refractivity contribution in [2.24, 2.45) is 0 Å². The van der Waals surface area contributed by atoms with Crippen molar-refractivity contribution in [1.29, 1.82) is 0 Å². The highest BCUT2D eigenvalue weighted by molar-refractivity contribution is 7.89. The molecule has 10 heteroatoms. The first-order valence-electron chi connectivity index (χ1n) is 8.60. The van der Waals surface area contributed by atoms with E-state index in [0.717, 1.165) is 0 Å². The van der Waals surface area contributed by atoms with Gasteiger partial charge in [0.1, 0.15) is 5.69 Å². The highest BCUT2D eigenvalue weighted by Crippen LogP contribution is 2.26. The molecular weight excluding hydrogens is 384 g/mol. The number of anilines is 2. The number of benzene rings is 2. The van der Waals surface area contributed by atoms with Gasteiger partial charge in [0, 0.05) is 29.9 Å². The normalized spacial score (nSPS) is 11.3. The van der Waals surface area contributed by atoms with Crippen LogP contribution in [0.1, 0.15) is 31.1 Å². The van der Waals surface area contributed by atoms with Gasteiger partial charge >= 0.3 is 0 Å². The second-order valence-corrected chi connectivity index (χ2v) is 7.99. The topological polar surface area (TPSA) is 130 Å². The molecule has 9 nitrogen and oxygen atoms in total. The van der Waals surface area contributed by atoms with E-state index >= 15 is 0 Å². The lowest BCUT2D eigenvalue weighted by molar-refractivity contribution is -0.384. The molecule has 2 aromatic carbocycles. The molecule has 28 heavy (non-hydrogen) atoms. The molecule has 0 bridgehead atoms. The van der Waals surface area contributed by atoms with E-state index in [1.807, 2.05) is 6.92 Å². The van der Waals surface area contributed by atoms with Gasteiger partial charge in [-0.2, -0.15) is 0 Å². The zero-order chi connectivity index (χ0) is 20.9. The van der Waals surface area contributed by atoms with E-state index in [1.54, 1.807) is 13.8 Å². The fourth-order valence-corrected chi connectivity index (χ4v) is 3.71. The Morgan fingerprint density at radius 1 is 1.14 bits per heavy atom. The third kappa shape index (κ3) is 5.27. The van der Waals surface area contributed by atoms with Crippen LogP contribution in [0, 0.1) is 10.1 Å². The number of carbonyl (C=O) groups is 1. The molecule has 0 aromatic heterocycles. The van der Waals surface area contributed by atoms with Gasteiger partial charge < -0.3 is 10.6 Å². The number of hydrogen-bond acceptors (Lipinski definition) is 6. The van der Waals surface area contributed by atoms with Crippen LogP contribution in [0.4, 0.5) is 17.1 Å². The van der Waals surface area contributed by atoms with E-state index in [2.05, 4.69) is 15.4 Å². The SMILES string of the molecule is CCNc1ccc(C(=O)Nc2ccc(S(=O)(=O)NC(C)C)cc2)cc1[N+](=O)[O-]. The second-order valence-electron chi connectivity index (χ2n) is 6.27. The summed E-state index contributed by atoms with van der Waals surface area (Å²) in [5.41, 5.74) is 0.616. The van der Waals surface area contributed by atoms with E-state index in [4.69, 9.17) is 0 Å². The zero-order valence-corrected chi connectivity index (χ0v) is 16.5. The van der Waals surface area contributed by atoms with Gasteiger partial charge in [-0.3, -0.25) is 14.9 Å². The van der Waals surface area contributed by atoms with Gasteiger partial charge in [-0.1, -0.05) is 0 Å². The lowest BCUT2D eigenvalue weighted by atomic mass is 10.1. The predicted octanol–water partition coefficient (Wildman–Crippen LogP) is 2.97. The monoisotopic (exact) mass is 406 g/mol. The van der Waals surface area contributed by atoms with Gasteiger partial charge in [0.15, 0.2) is 0 Å². The molecule has 2 rings (SSSR count). The molecule has 0 aliphatic rings. The summed E-state index contributed by atoms with van der Waals surface area (Å²) < 4.78 is 26.7. The maximum atomic E-state index is 12.4. The number of hydrogen-bond donors (Lipinski definition) is 3. The molecule has 0 heterocycles. The summed E-state index contributed by atoms with van der Waals surface area (Å²) in [6, 6.07) is 9.55. The number of sulfonamides is 1. The van der Waals surface area contributed by atoms with Crippen molar-refractivity contribution in [3.8, 4) is 0 Å².